The quantitative estimate of drug-likeness (QED) is 0.804. The van der Waals surface area contributed by atoms with Gasteiger partial charge < -0.3 is 14.4 Å². The van der Waals surface area contributed by atoms with Crippen molar-refractivity contribution in [1.29, 1.82) is 0 Å². The van der Waals surface area contributed by atoms with Crippen LogP contribution in [0.3, 0.4) is 0 Å². The van der Waals surface area contributed by atoms with Gasteiger partial charge in [0, 0.05) is 37.7 Å². The molecule has 0 aromatic heterocycles. The van der Waals surface area contributed by atoms with E-state index in [1.165, 1.54) is 24.6 Å². The first-order valence-electron chi connectivity index (χ1n) is 8.13. The SMILES string of the molecule is COc1ccc(S(=O)(=O)N2CCN(C(=O)C(C)(C)C)CC2)c(OC)c1. The molecule has 25 heavy (non-hydrogen) atoms. The average Bonchev–Trinajstić information content (AvgIpc) is 2.59. The smallest absolute Gasteiger partial charge is 0.246 e. The van der Waals surface area contributed by atoms with Crippen LogP contribution >= 0.6 is 0 Å². The molecular formula is C17H26N2O5S. The van der Waals surface area contributed by atoms with Gasteiger partial charge in [0.2, 0.25) is 15.9 Å². The number of hydrogen-bond donors (Lipinski definition) is 0. The molecule has 0 aliphatic carbocycles. The van der Waals surface area contributed by atoms with E-state index in [4.69, 9.17) is 9.47 Å². The Morgan fingerprint density at radius 3 is 2.12 bits per heavy atom. The molecule has 140 valence electrons. The number of ether oxygens (including phenoxy) is 2. The number of benzene rings is 1. The van der Waals surface area contributed by atoms with Gasteiger partial charge in [-0.3, -0.25) is 4.79 Å². The van der Waals surface area contributed by atoms with Crippen molar-refractivity contribution in [3.05, 3.63) is 18.2 Å². The van der Waals surface area contributed by atoms with Gasteiger partial charge in [0.1, 0.15) is 16.4 Å². The Balaban J connectivity index is 2.19. The third-order valence-corrected chi connectivity index (χ3v) is 6.09. The van der Waals surface area contributed by atoms with Crippen molar-refractivity contribution in [2.45, 2.75) is 25.7 Å². The van der Waals surface area contributed by atoms with Crippen LogP contribution in [0.15, 0.2) is 23.1 Å². The van der Waals surface area contributed by atoms with Gasteiger partial charge in [0.25, 0.3) is 0 Å². The fourth-order valence-electron chi connectivity index (χ4n) is 2.73. The maximum absolute atomic E-state index is 12.9. The number of carbonyl (C=O) groups excluding carboxylic acids is 1. The molecule has 1 heterocycles. The van der Waals surface area contributed by atoms with Crippen molar-refractivity contribution in [3.63, 3.8) is 0 Å². The van der Waals surface area contributed by atoms with Crippen LogP contribution in [0.2, 0.25) is 0 Å². The van der Waals surface area contributed by atoms with Crippen LogP contribution < -0.4 is 9.47 Å². The summed E-state index contributed by atoms with van der Waals surface area (Å²) in [6.45, 7) is 6.88. The first-order chi connectivity index (χ1) is 11.6. The van der Waals surface area contributed by atoms with E-state index in [0.717, 1.165) is 0 Å². The number of sulfonamides is 1. The summed E-state index contributed by atoms with van der Waals surface area (Å²) < 4.78 is 37.6. The predicted molar refractivity (Wildman–Crippen MR) is 94.3 cm³/mol. The van der Waals surface area contributed by atoms with E-state index < -0.39 is 15.4 Å². The van der Waals surface area contributed by atoms with Gasteiger partial charge in [-0.05, 0) is 12.1 Å². The number of rotatable bonds is 4. The molecule has 1 aliphatic rings. The van der Waals surface area contributed by atoms with E-state index >= 15 is 0 Å². The molecule has 0 saturated carbocycles. The van der Waals surface area contributed by atoms with Gasteiger partial charge in [-0.2, -0.15) is 4.31 Å². The average molecular weight is 370 g/mol. The highest BCUT2D eigenvalue weighted by Crippen LogP contribution is 2.31. The minimum atomic E-state index is -3.70. The number of amides is 1. The zero-order valence-corrected chi connectivity index (χ0v) is 16.2. The van der Waals surface area contributed by atoms with Gasteiger partial charge in [-0.15, -0.1) is 0 Å². The van der Waals surface area contributed by atoms with Gasteiger partial charge >= 0.3 is 0 Å². The second-order valence-corrected chi connectivity index (χ2v) is 8.87. The van der Waals surface area contributed by atoms with Crippen LogP contribution in [0.4, 0.5) is 0 Å². The Kier molecular flexibility index (Phi) is 5.63. The Labute approximate surface area is 149 Å². The number of nitrogens with zero attached hydrogens (tertiary/aromatic N) is 2. The summed E-state index contributed by atoms with van der Waals surface area (Å²) in [6.07, 6.45) is 0. The largest absolute Gasteiger partial charge is 0.497 e. The summed E-state index contributed by atoms with van der Waals surface area (Å²) in [5.74, 6) is 0.801. The fourth-order valence-corrected chi connectivity index (χ4v) is 4.29. The van der Waals surface area contributed by atoms with E-state index in [1.807, 2.05) is 20.8 Å². The van der Waals surface area contributed by atoms with Gasteiger partial charge in [0.15, 0.2) is 0 Å². The van der Waals surface area contributed by atoms with Crippen molar-refractivity contribution in [1.82, 2.24) is 9.21 Å². The van der Waals surface area contributed by atoms with E-state index in [0.29, 0.717) is 18.8 Å². The highest BCUT2D eigenvalue weighted by atomic mass is 32.2. The van der Waals surface area contributed by atoms with Crippen molar-refractivity contribution in [2.24, 2.45) is 5.41 Å². The first-order valence-corrected chi connectivity index (χ1v) is 9.57. The molecule has 0 atom stereocenters. The monoisotopic (exact) mass is 370 g/mol. The van der Waals surface area contributed by atoms with Crippen molar-refractivity contribution >= 4 is 15.9 Å². The predicted octanol–water partition coefficient (Wildman–Crippen LogP) is 1.58. The minimum absolute atomic E-state index is 0.0339. The number of hydrogen-bond acceptors (Lipinski definition) is 5. The molecule has 0 radical (unpaired) electrons. The fraction of sp³-hybridized carbons (Fsp3) is 0.588. The number of methoxy groups -OCH3 is 2. The third-order valence-electron chi connectivity index (χ3n) is 4.16. The molecule has 0 spiro atoms. The van der Waals surface area contributed by atoms with Crippen LogP contribution in [0.5, 0.6) is 11.5 Å². The lowest BCUT2D eigenvalue weighted by atomic mass is 9.94. The number of piperazine rings is 1. The number of carbonyl (C=O) groups is 1. The summed E-state index contributed by atoms with van der Waals surface area (Å²) >= 11 is 0. The Bertz CT molecular complexity index is 732. The van der Waals surface area contributed by atoms with Crippen LogP contribution in [-0.2, 0) is 14.8 Å². The van der Waals surface area contributed by atoms with Crippen LogP contribution in [0.1, 0.15) is 20.8 Å². The first kappa shape index (κ1) is 19.5. The van der Waals surface area contributed by atoms with Crippen LogP contribution in [0, 0.1) is 5.41 Å². The van der Waals surface area contributed by atoms with Gasteiger partial charge in [0.05, 0.1) is 14.2 Å². The summed E-state index contributed by atoms with van der Waals surface area (Å²) in [5.41, 5.74) is -0.472. The normalized spacial score (nSPS) is 16.6. The Hall–Kier alpha value is -1.80. The molecule has 1 aromatic carbocycles. The lowest BCUT2D eigenvalue weighted by Crippen LogP contribution is -2.52. The molecule has 7 nitrogen and oxygen atoms in total. The molecule has 1 aromatic rings. The second kappa shape index (κ2) is 7.21. The maximum Gasteiger partial charge on any atom is 0.246 e. The molecule has 0 bridgehead atoms. The third kappa shape index (κ3) is 4.07. The molecule has 0 unspecified atom stereocenters. The Morgan fingerprint density at radius 2 is 1.64 bits per heavy atom. The molecule has 1 amide bonds. The zero-order chi connectivity index (χ0) is 18.8. The van der Waals surface area contributed by atoms with Crippen LogP contribution in [0.25, 0.3) is 0 Å². The Morgan fingerprint density at radius 1 is 1.04 bits per heavy atom. The zero-order valence-electron chi connectivity index (χ0n) is 15.4. The summed E-state index contributed by atoms with van der Waals surface area (Å²) in [4.78, 5) is 14.2. The van der Waals surface area contributed by atoms with E-state index in [1.54, 1.807) is 17.0 Å². The van der Waals surface area contributed by atoms with Crippen LogP contribution in [-0.4, -0.2) is 63.9 Å². The van der Waals surface area contributed by atoms with Crippen molar-refractivity contribution in [2.75, 3.05) is 40.4 Å². The minimum Gasteiger partial charge on any atom is -0.497 e. The van der Waals surface area contributed by atoms with Gasteiger partial charge in [-0.25, -0.2) is 8.42 Å². The van der Waals surface area contributed by atoms with E-state index in [2.05, 4.69) is 0 Å². The topological polar surface area (TPSA) is 76.2 Å². The summed E-state index contributed by atoms with van der Waals surface area (Å²) in [6, 6.07) is 4.63. The lowest BCUT2D eigenvalue weighted by molar-refractivity contribution is -0.140. The van der Waals surface area contributed by atoms with E-state index in [9.17, 15) is 13.2 Å². The maximum atomic E-state index is 12.9. The molecule has 2 rings (SSSR count). The molecule has 8 heteroatoms. The van der Waals surface area contributed by atoms with Crippen molar-refractivity contribution < 1.29 is 22.7 Å². The second-order valence-electron chi connectivity index (χ2n) is 6.96. The van der Waals surface area contributed by atoms with E-state index in [-0.39, 0.29) is 29.6 Å². The summed E-state index contributed by atoms with van der Waals surface area (Å²) in [7, 11) is -0.767. The van der Waals surface area contributed by atoms with Crippen molar-refractivity contribution in [3.8, 4) is 11.5 Å². The highest BCUT2D eigenvalue weighted by Gasteiger charge is 2.35. The standard InChI is InChI=1S/C17H26N2O5S/c1-17(2,3)16(20)18-8-10-19(11-9-18)25(21,22)15-7-6-13(23-4)12-14(15)24-5/h6-7,12H,8-11H2,1-5H3. The summed E-state index contributed by atoms with van der Waals surface area (Å²) in [5, 5.41) is 0. The lowest BCUT2D eigenvalue weighted by Gasteiger charge is -2.37. The molecule has 0 N–H and O–H groups in total. The molecule has 1 fully saturated rings. The molecule has 1 aliphatic heterocycles. The van der Waals surface area contributed by atoms with Gasteiger partial charge in [-0.1, -0.05) is 20.8 Å². The molecular weight excluding hydrogens is 344 g/mol. The highest BCUT2D eigenvalue weighted by molar-refractivity contribution is 7.89. The molecule has 1 saturated heterocycles.